The fourth-order valence-corrected chi connectivity index (χ4v) is 1.61. The Morgan fingerprint density at radius 3 is 3.11 bits per heavy atom. The number of carbonyl (C=O) groups is 2. The molecule has 1 aromatic rings. The molecule has 98 valence electrons. The van der Waals surface area contributed by atoms with Crippen LogP contribution in [0.5, 0.6) is 0 Å². The molecule has 0 bridgehead atoms. The first-order valence-corrected chi connectivity index (χ1v) is 5.66. The second-order valence-electron chi connectivity index (χ2n) is 3.93. The van der Waals surface area contributed by atoms with E-state index in [0.717, 1.165) is 0 Å². The molecule has 0 spiro atoms. The average Bonchev–Trinajstić information content (AvgIpc) is 2.89. The van der Waals surface area contributed by atoms with Crippen LogP contribution in [0.25, 0.3) is 0 Å². The zero-order chi connectivity index (χ0) is 13.0. The molecule has 1 aliphatic heterocycles. The number of hydrogen-bond acceptors (Lipinski definition) is 4. The first-order valence-electron chi connectivity index (χ1n) is 5.66. The average molecular weight is 253 g/mol. The standard InChI is InChI=1S/C10H15N5O3/c1-7-6-8(18-14-7)13-9(16)11-2-4-15-5-3-12-10(15)17/h6H,2-5H2,1H3,(H,12,17)(H2,11,13,16). The number of urea groups is 2. The smallest absolute Gasteiger partial charge is 0.321 e. The third kappa shape index (κ3) is 3.12. The molecule has 1 aromatic heterocycles. The van der Waals surface area contributed by atoms with E-state index in [1.54, 1.807) is 17.9 Å². The highest BCUT2D eigenvalue weighted by molar-refractivity contribution is 5.87. The third-order valence-electron chi connectivity index (χ3n) is 2.48. The van der Waals surface area contributed by atoms with Crippen molar-refractivity contribution >= 4 is 17.9 Å². The van der Waals surface area contributed by atoms with Crippen molar-refractivity contribution in [3.63, 3.8) is 0 Å². The fourth-order valence-electron chi connectivity index (χ4n) is 1.61. The highest BCUT2D eigenvalue weighted by Crippen LogP contribution is 2.07. The van der Waals surface area contributed by atoms with Crippen LogP contribution in [0.3, 0.4) is 0 Å². The Balaban J connectivity index is 1.67. The number of hydrogen-bond donors (Lipinski definition) is 3. The highest BCUT2D eigenvalue weighted by Gasteiger charge is 2.18. The molecular weight excluding hydrogens is 238 g/mol. The van der Waals surface area contributed by atoms with E-state index < -0.39 is 0 Å². The van der Waals surface area contributed by atoms with Crippen molar-refractivity contribution in [2.45, 2.75) is 6.92 Å². The van der Waals surface area contributed by atoms with Gasteiger partial charge in [-0.3, -0.25) is 5.32 Å². The monoisotopic (exact) mass is 253 g/mol. The Labute approximate surface area is 104 Å². The van der Waals surface area contributed by atoms with Crippen molar-refractivity contribution in [2.75, 3.05) is 31.5 Å². The van der Waals surface area contributed by atoms with E-state index in [4.69, 9.17) is 4.52 Å². The Kier molecular flexibility index (Phi) is 3.66. The normalized spacial score (nSPS) is 14.5. The van der Waals surface area contributed by atoms with Crippen molar-refractivity contribution < 1.29 is 14.1 Å². The summed E-state index contributed by atoms with van der Waals surface area (Å²) < 4.78 is 4.84. The van der Waals surface area contributed by atoms with Crippen LogP contribution in [0.15, 0.2) is 10.6 Å². The Morgan fingerprint density at radius 2 is 2.50 bits per heavy atom. The molecule has 3 N–H and O–H groups in total. The van der Waals surface area contributed by atoms with Crippen LogP contribution in [0.2, 0.25) is 0 Å². The van der Waals surface area contributed by atoms with Gasteiger partial charge < -0.3 is 20.1 Å². The van der Waals surface area contributed by atoms with E-state index in [1.165, 1.54) is 0 Å². The van der Waals surface area contributed by atoms with Crippen LogP contribution >= 0.6 is 0 Å². The second kappa shape index (κ2) is 5.39. The zero-order valence-electron chi connectivity index (χ0n) is 10.0. The number of carbonyl (C=O) groups excluding carboxylic acids is 2. The predicted octanol–water partition coefficient (Wildman–Crippen LogP) is 0.130. The van der Waals surface area contributed by atoms with E-state index in [9.17, 15) is 9.59 Å². The first-order chi connectivity index (χ1) is 8.65. The van der Waals surface area contributed by atoms with Crippen molar-refractivity contribution in [1.29, 1.82) is 0 Å². The van der Waals surface area contributed by atoms with E-state index in [-0.39, 0.29) is 12.1 Å². The lowest BCUT2D eigenvalue weighted by Gasteiger charge is -2.14. The summed E-state index contributed by atoms with van der Waals surface area (Å²) in [5, 5.41) is 11.5. The molecule has 2 heterocycles. The molecule has 0 saturated carbocycles. The van der Waals surface area contributed by atoms with Crippen LogP contribution in [0.4, 0.5) is 15.5 Å². The van der Waals surface area contributed by atoms with E-state index in [1.807, 2.05) is 0 Å². The molecule has 8 nitrogen and oxygen atoms in total. The minimum absolute atomic E-state index is 0.0944. The van der Waals surface area contributed by atoms with Gasteiger partial charge in [-0.15, -0.1) is 0 Å². The van der Waals surface area contributed by atoms with E-state index >= 15 is 0 Å². The maximum absolute atomic E-state index is 11.4. The molecule has 4 amide bonds. The number of aromatic nitrogens is 1. The molecule has 2 rings (SSSR count). The molecule has 0 unspecified atom stereocenters. The van der Waals surface area contributed by atoms with Gasteiger partial charge >= 0.3 is 12.1 Å². The fraction of sp³-hybridized carbons (Fsp3) is 0.500. The van der Waals surface area contributed by atoms with Gasteiger partial charge in [0, 0.05) is 32.2 Å². The van der Waals surface area contributed by atoms with Gasteiger partial charge in [0.15, 0.2) is 0 Å². The molecule has 0 radical (unpaired) electrons. The summed E-state index contributed by atoms with van der Waals surface area (Å²) in [5.41, 5.74) is 0.694. The maximum Gasteiger partial charge on any atom is 0.321 e. The largest absolute Gasteiger partial charge is 0.338 e. The quantitative estimate of drug-likeness (QED) is 0.710. The maximum atomic E-state index is 11.4. The number of rotatable bonds is 4. The van der Waals surface area contributed by atoms with Gasteiger partial charge in [-0.05, 0) is 6.92 Å². The van der Waals surface area contributed by atoms with Crippen molar-refractivity contribution in [1.82, 2.24) is 20.7 Å². The Bertz CT molecular complexity index is 444. The van der Waals surface area contributed by atoms with Crippen LogP contribution in [0.1, 0.15) is 5.69 Å². The Morgan fingerprint density at radius 1 is 1.67 bits per heavy atom. The minimum atomic E-state index is -0.384. The molecule has 0 atom stereocenters. The van der Waals surface area contributed by atoms with Crippen molar-refractivity contribution in [3.05, 3.63) is 11.8 Å². The summed E-state index contributed by atoms with van der Waals surface area (Å²) in [6, 6.07) is 1.14. The van der Waals surface area contributed by atoms with Crippen LogP contribution in [0, 0.1) is 6.92 Å². The predicted molar refractivity (Wildman–Crippen MR) is 63.2 cm³/mol. The van der Waals surface area contributed by atoms with Crippen LogP contribution in [-0.2, 0) is 0 Å². The molecule has 1 aliphatic rings. The zero-order valence-corrected chi connectivity index (χ0v) is 10.0. The van der Waals surface area contributed by atoms with Crippen molar-refractivity contribution in [2.24, 2.45) is 0 Å². The van der Waals surface area contributed by atoms with Gasteiger partial charge in [0.25, 0.3) is 0 Å². The second-order valence-corrected chi connectivity index (χ2v) is 3.93. The van der Waals surface area contributed by atoms with Crippen LogP contribution < -0.4 is 16.0 Å². The van der Waals surface area contributed by atoms with Crippen LogP contribution in [-0.4, -0.2) is 48.3 Å². The molecule has 0 aromatic carbocycles. The molecular formula is C10H15N5O3. The number of anilines is 1. The van der Waals surface area contributed by atoms with E-state index in [0.29, 0.717) is 37.8 Å². The summed E-state index contributed by atoms with van der Waals surface area (Å²) in [6.45, 7) is 3.95. The summed E-state index contributed by atoms with van der Waals surface area (Å²) >= 11 is 0. The molecule has 1 fully saturated rings. The molecule has 1 saturated heterocycles. The molecule has 8 heteroatoms. The SMILES string of the molecule is Cc1cc(NC(=O)NCCN2CCNC2=O)on1. The lowest BCUT2D eigenvalue weighted by Crippen LogP contribution is -2.38. The van der Waals surface area contributed by atoms with Gasteiger partial charge in [-0.2, -0.15) is 0 Å². The minimum Gasteiger partial charge on any atom is -0.338 e. The lowest BCUT2D eigenvalue weighted by atomic mass is 10.5. The summed E-state index contributed by atoms with van der Waals surface area (Å²) in [7, 11) is 0. The first kappa shape index (κ1) is 12.2. The number of nitrogens with zero attached hydrogens (tertiary/aromatic N) is 2. The highest BCUT2D eigenvalue weighted by atomic mass is 16.5. The summed E-state index contributed by atoms with van der Waals surface area (Å²) in [5.74, 6) is 0.295. The van der Waals surface area contributed by atoms with Crippen molar-refractivity contribution in [3.8, 4) is 0 Å². The van der Waals surface area contributed by atoms with Gasteiger partial charge in [0.05, 0.1) is 5.69 Å². The number of aryl methyl sites for hydroxylation is 1. The topological polar surface area (TPSA) is 99.5 Å². The number of nitrogens with one attached hydrogen (secondary N) is 3. The Hall–Kier alpha value is -2.25. The van der Waals surface area contributed by atoms with Gasteiger partial charge in [0.1, 0.15) is 0 Å². The molecule has 0 aliphatic carbocycles. The van der Waals surface area contributed by atoms with E-state index in [2.05, 4.69) is 21.1 Å². The molecule has 18 heavy (non-hydrogen) atoms. The van der Waals surface area contributed by atoms with Gasteiger partial charge in [0.2, 0.25) is 5.88 Å². The summed E-state index contributed by atoms with van der Waals surface area (Å²) in [4.78, 5) is 24.3. The lowest BCUT2D eigenvalue weighted by molar-refractivity contribution is 0.216. The summed E-state index contributed by atoms with van der Waals surface area (Å²) in [6.07, 6.45) is 0. The third-order valence-corrected chi connectivity index (χ3v) is 2.48. The van der Waals surface area contributed by atoms with Gasteiger partial charge in [-0.25, -0.2) is 9.59 Å². The van der Waals surface area contributed by atoms with Gasteiger partial charge in [-0.1, -0.05) is 5.16 Å². The number of amides is 4.